The zero-order valence-electron chi connectivity index (χ0n) is 11.8. The van der Waals surface area contributed by atoms with Crippen LogP contribution in [0.15, 0.2) is 35.1 Å². The van der Waals surface area contributed by atoms with E-state index in [0.29, 0.717) is 5.69 Å². The Morgan fingerprint density at radius 2 is 1.95 bits per heavy atom. The van der Waals surface area contributed by atoms with Gasteiger partial charge in [0.15, 0.2) is 0 Å². The molecule has 1 amide bonds. The summed E-state index contributed by atoms with van der Waals surface area (Å²) in [5.41, 5.74) is 3.22. The molecule has 0 aliphatic rings. The van der Waals surface area contributed by atoms with Crippen molar-refractivity contribution < 1.29 is 4.79 Å². The number of hydrogen-bond donors (Lipinski definition) is 1. The summed E-state index contributed by atoms with van der Waals surface area (Å²) in [5, 5.41) is 6.85. The van der Waals surface area contributed by atoms with Crippen molar-refractivity contribution in [3.63, 3.8) is 0 Å². The first-order valence-electron chi connectivity index (χ1n) is 6.37. The summed E-state index contributed by atoms with van der Waals surface area (Å²) < 4.78 is 1.16. The van der Waals surface area contributed by atoms with Gasteiger partial charge in [-0.1, -0.05) is 12.1 Å². The molecular formula is C15H17N3O2. The lowest BCUT2D eigenvalue weighted by molar-refractivity contribution is -0.117. The Labute approximate surface area is 117 Å². The zero-order chi connectivity index (χ0) is 14.7. The van der Waals surface area contributed by atoms with Crippen molar-refractivity contribution in [3.8, 4) is 0 Å². The van der Waals surface area contributed by atoms with Gasteiger partial charge < -0.3 is 5.32 Å². The molecule has 1 heterocycles. The zero-order valence-corrected chi connectivity index (χ0v) is 11.8. The highest BCUT2D eigenvalue weighted by atomic mass is 16.2. The number of carbonyl (C=O) groups excluding carboxylic acids is 1. The van der Waals surface area contributed by atoms with Crippen LogP contribution in [0.25, 0.3) is 0 Å². The number of nitrogens with zero attached hydrogens (tertiary/aromatic N) is 2. The van der Waals surface area contributed by atoms with Crippen LogP contribution in [0.2, 0.25) is 0 Å². The Morgan fingerprint density at radius 3 is 2.70 bits per heavy atom. The van der Waals surface area contributed by atoms with E-state index < -0.39 is 0 Å². The molecule has 0 bridgehead atoms. The van der Waals surface area contributed by atoms with Crippen LogP contribution in [0.1, 0.15) is 16.8 Å². The third-order valence-electron chi connectivity index (χ3n) is 2.96. The Morgan fingerprint density at radius 1 is 1.20 bits per heavy atom. The first-order chi connectivity index (χ1) is 9.45. The maximum absolute atomic E-state index is 12.0. The Hall–Kier alpha value is -2.43. The van der Waals surface area contributed by atoms with E-state index in [1.165, 1.54) is 6.07 Å². The molecule has 0 aliphatic heterocycles. The molecule has 0 aliphatic carbocycles. The summed E-state index contributed by atoms with van der Waals surface area (Å²) in [5.74, 6) is -0.265. The van der Waals surface area contributed by atoms with Crippen LogP contribution in [0.5, 0.6) is 0 Å². The van der Waals surface area contributed by atoms with Crippen molar-refractivity contribution in [3.05, 3.63) is 57.5 Å². The van der Waals surface area contributed by atoms with Crippen LogP contribution in [0, 0.1) is 20.8 Å². The minimum Gasteiger partial charge on any atom is -0.324 e. The summed E-state index contributed by atoms with van der Waals surface area (Å²) in [6.07, 6.45) is 0. The SMILES string of the molecule is Cc1ccc(C)c(NC(=O)Cn2nc(C)ccc2=O)c1. The predicted octanol–water partition coefficient (Wildman–Crippen LogP) is 1.81. The van der Waals surface area contributed by atoms with Gasteiger partial charge in [0.2, 0.25) is 5.91 Å². The van der Waals surface area contributed by atoms with E-state index in [2.05, 4.69) is 10.4 Å². The summed E-state index contributed by atoms with van der Waals surface area (Å²) in [4.78, 5) is 23.6. The first-order valence-corrected chi connectivity index (χ1v) is 6.37. The Balaban J connectivity index is 2.15. The van der Waals surface area contributed by atoms with Crippen LogP contribution >= 0.6 is 0 Å². The second-order valence-corrected chi connectivity index (χ2v) is 4.84. The van der Waals surface area contributed by atoms with Crippen molar-refractivity contribution in [2.75, 3.05) is 5.32 Å². The molecule has 1 aromatic heterocycles. The number of benzene rings is 1. The molecule has 0 radical (unpaired) electrons. The monoisotopic (exact) mass is 271 g/mol. The fourth-order valence-electron chi connectivity index (χ4n) is 1.86. The maximum Gasteiger partial charge on any atom is 0.267 e. The highest BCUT2D eigenvalue weighted by Crippen LogP contribution is 2.16. The largest absolute Gasteiger partial charge is 0.324 e. The standard InChI is InChI=1S/C15H17N3O2/c1-10-4-5-11(2)13(8-10)16-14(19)9-18-15(20)7-6-12(3)17-18/h4-8H,9H2,1-3H3,(H,16,19). The van der Waals surface area contributed by atoms with Crippen LogP contribution < -0.4 is 10.9 Å². The smallest absolute Gasteiger partial charge is 0.267 e. The molecule has 0 saturated carbocycles. The van der Waals surface area contributed by atoms with Crippen molar-refractivity contribution in [2.45, 2.75) is 27.3 Å². The molecule has 5 heteroatoms. The van der Waals surface area contributed by atoms with Gasteiger partial charge >= 0.3 is 0 Å². The molecule has 2 aromatic rings. The van der Waals surface area contributed by atoms with Gasteiger partial charge in [0.25, 0.3) is 5.56 Å². The molecule has 104 valence electrons. The predicted molar refractivity (Wildman–Crippen MR) is 77.8 cm³/mol. The first kappa shape index (κ1) is 14.0. The molecule has 20 heavy (non-hydrogen) atoms. The van der Waals surface area contributed by atoms with Crippen LogP contribution in [0.4, 0.5) is 5.69 Å². The van der Waals surface area contributed by atoms with E-state index in [-0.39, 0.29) is 18.0 Å². The maximum atomic E-state index is 12.0. The quantitative estimate of drug-likeness (QED) is 0.926. The van der Waals surface area contributed by atoms with E-state index >= 15 is 0 Å². The van der Waals surface area contributed by atoms with Gasteiger partial charge in [-0.15, -0.1) is 0 Å². The molecule has 1 aromatic carbocycles. The van der Waals surface area contributed by atoms with E-state index in [9.17, 15) is 9.59 Å². The van der Waals surface area contributed by atoms with Crippen molar-refractivity contribution in [1.82, 2.24) is 9.78 Å². The van der Waals surface area contributed by atoms with Gasteiger partial charge in [-0.25, -0.2) is 4.68 Å². The number of carbonyl (C=O) groups is 1. The fourth-order valence-corrected chi connectivity index (χ4v) is 1.86. The lowest BCUT2D eigenvalue weighted by Crippen LogP contribution is -2.29. The number of aromatic nitrogens is 2. The number of aryl methyl sites for hydroxylation is 3. The average molecular weight is 271 g/mol. The minimum absolute atomic E-state index is 0.0894. The lowest BCUT2D eigenvalue weighted by Gasteiger charge is -2.10. The molecule has 0 saturated heterocycles. The number of rotatable bonds is 3. The van der Waals surface area contributed by atoms with E-state index in [1.807, 2.05) is 32.0 Å². The second-order valence-electron chi connectivity index (χ2n) is 4.84. The summed E-state index contributed by atoms with van der Waals surface area (Å²) in [7, 11) is 0. The van der Waals surface area contributed by atoms with Gasteiger partial charge in [0, 0.05) is 11.8 Å². The van der Waals surface area contributed by atoms with Crippen molar-refractivity contribution in [1.29, 1.82) is 0 Å². The number of amides is 1. The van der Waals surface area contributed by atoms with Gasteiger partial charge in [-0.3, -0.25) is 9.59 Å². The Bertz CT molecular complexity index is 705. The highest BCUT2D eigenvalue weighted by Gasteiger charge is 2.08. The third kappa shape index (κ3) is 3.32. The summed E-state index contributed by atoms with van der Waals surface area (Å²) in [6.45, 7) is 5.57. The highest BCUT2D eigenvalue weighted by molar-refractivity contribution is 5.91. The van der Waals surface area contributed by atoms with Crippen molar-refractivity contribution in [2.24, 2.45) is 0 Å². The van der Waals surface area contributed by atoms with Gasteiger partial charge in [0.05, 0.1) is 5.69 Å². The molecule has 5 nitrogen and oxygen atoms in total. The lowest BCUT2D eigenvalue weighted by atomic mass is 10.1. The molecular weight excluding hydrogens is 254 g/mol. The topological polar surface area (TPSA) is 64.0 Å². The number of anilines is 1. The van der Waals surface area contributed by atoms with Gasteiger partial charge in [0.1, 0.15) is 6.54 Å². The summed E-state index contributed by atoms with van der Waals surface area (Å²) in [6, 6.07) is 8.87. The third-order valence-corrected chi connectivity index (χ3v) is 2.96. The fraction of sp³-hybridized carbons (Fsp3) is 0.267. The summed E-state index contributed by atoms with van der Waals surface area (Å²) >= 11 is 0. The molecule has 0 unspecified atom stereocenters. The molecule has 0 atom stereocenters. The van der Waals surface area contributed by atoms with Crippen LogP contribution in [-0.4, -0.2) is 15.7 Å². The average Bonchev–Trinajstić information content (AvgIpc) is 2.38. The van der Waals surface area contributed by atoms with Gasteiger partial charge in [-0.05, 0) is 44.0 Å². The number of hydrogen-bond acceptors (Lipinski definition) is 3. The van der Waals surface area contributed by atoms with Crippen LogP contribution in [0.3, 0.4) is 0 Å². The van der Waals surface area contributed by atoms with E-state index in [1.54, 1.807) is 13.0 Å². The Kier molecular flexibility index (Phi) is 3.98. The normalized spacial score (nSPS) is 10.3. The minimum atomic E-state index is -0.285. The van der Waals surface area contributed by atoms with Crippen molar-refractivity contribution >= 4 is 11.6 Å². The molecule has 1 N–H and O–H groups in total. The van der Waals surface area contributed by atoms with Crippen LogP contribution in [-0.2, 0) is 11.3 Å². The molecule has 2 rings (SSSR count). The van der Waals surface area contributed by atoms with E-state index in [4.69, 9.17) is 0 Å². The molecule has 0 fully saturated rings. The molecule has 0 spiro atoms. The second kappa shape index (κ2) is 5.69. The van der Waals surface area contributed by atoms with Gasteiger partial charge in [-0.2, -0.15) is 5.10 Å². The van der Waals surface area contributed by atoms with E-state index in [0.717, 1.165) is 21.5 Å². The number of nitrogens with one attached hydrogen (secondary N) is 1.